The van der Waals surface area contributed by atoms with Crippen LogP contribution < -0.4 is 0 Å². The summed E-state index contributed by atoms with van der Waals surface area (Å²) >= 11 is 0. The molecule has 1 rings (SSSR count). The lowest BCUT2D eigenvalue weighted by atomic mass is 9.91. The van der Waals surface area contributed by atoms with Crippen LogP contribution in [0, 0.1) is 25.1 Å². The maximum atomic E-state index is 13.7. The molecule has 0 aromatic heterocycles. The second kappa shape index (κ2) is 5.56. The Morgan fingerprint density at radius 2 is 2.20 bits per heavy atom. The normalized spacial score (nSPS) is 12.1. The van der Waals surface area contributed by atoms with E-state index in [0.717, 1.165) is 24.0 Å². The summed E-state index contributed by atoms with van der Waals surface area (Å²) in [7, 11) is 0. The van der Waals surface area contributed by atoms with Gasteiger partial charge in [0.05, 0.1) is 0 Å². The van der Waals surface area contributed by atoms with Gasteiger partial charge >= 0.3 is 0 Å². The quantitative estimate of drug-likeness (QED) is 0.649. The van der Waals surface area contributed by atoms with Gasteiger partial charge in [0.25, 0.3) is 0 Å². The fraction of sp³-hybridized carbons (Fsp3) is 0.429. The van der Waals surface area contributed by atoms with Gasteiger partial charge in [0, 0.05) is 6.42 Å². The van der Waals surface area contributed by atoms with Gasteiger partial charge in [-0.2, -0.15) is 0 Å². The molecule has 0 N–H and O–H groups in total. The lowest BCUT2D eigenvalue weighted by molar-refractivity contribution is 0.555. The summed E-state index contributed by atoms with van der Waals surface area (Å²) in [6, 6.07) is 5.38. The standard InChI is InChI=1S/C14H17F/c1-4-6-12(7-5-2)13-9-8-11(3)10-14(13)15/h1,8-10,12H,5-7H2,2-3H3. The monoisotopic (exact) mass is 204 g/mol. The molecule has 0 spiro atoms. The highest BCUT2D eigenvalue weighted by Gasteiger charge is 2.13. The van der Waals surface area contributed by atoms with E-state index in [4.69, 9.17) is 6.42 Å². The molecule has 0 heterocycles. The molecule has 1 atom stereocenters. The van der Waals surface area contributed by atoms with Crippen molar-refractivity contribution in [2.45, 2.75) is 39.0 Å². The van der Waals surface area contributed by atoms with Crippen LogP contribution in [0.3, 0.4) is 0 Å². The van der Waals surface area contributed by atoms with Crippen LogP contribution in [-0.2, 0) is 0 Å². The summed E-state index contributed by atoms with van der Waals surface area (Å²) in [6.45, 7) is 3.98. The van der Waals surface area contributed by atoms with E-state index in [2.05, 4.69) is 12.8 Å². The highest BCUT2D eigenvalue weighted by molar-refractivity contribution is 5.27. The number of aryl methyl sites for hydroxylation is 1. The zero-order chi connectivity index (χ0) is 11.3. The van der Waals surface area contributed by atoms with E-state index in [-0.39, 0.29) is 11.7 Å². The van der Waals surface area contributed by atoms with Crippen LogP contribution in [-0.4, -0.2) is 0 Å². The van der Waals surface area contributed by atoms with Crippen molar-refractivity contribution in [1.29, 1.82) is 0 Å². The highest BCUT2D eigenvalue weighted by atomic mass is 19.1. The largest absolute Gasteiger partial charge is 0.207 e. The van der Waals surface area contributed by atoms with Crippen molar-refractivity contribution >= 4 is 0 Å². The van der Waals surface area contributed by atoms with Gasteiger partial charge in [-0.1, -0.05) is 25.5 Å². The maximum Gasteiger partial charge on any atom is 0.126 e. The minimum Gasteiger partial charge on any atom is -0.207 e. The third kappa shape index (κ3) is 3.09. The fourth-order valence-corrected chi connectivity index (χ4v) is 1.82. The molecule has 0 aliphatic rings. The van der Waals surface area contributed by atoms with Crippen LogP contribution in [0.5, 0.6) is 0 Å². The van der Waals surface area contributed by atoms with Gasteiger partial charge in [-0.3, -0.25) is 0 Å². The van der Waals surface area contributed by atoms with Gasteiger partial charge in [0.2, 0.25) is 0 Å². The molecule has 0 fully saturated rings. The summed E-state index contributed by atoms with van der Waals surface area (Å²) < 4.78 is 13.7. The van der Waals surface area contributed by atoms with Crippen LogP contribution >= 0.6 is 0 Å². The van der Waals surface area contributed by atoms with Gasteiger partial charge in [-0.15, -0.1) is 12.3 Å². The van der Waals surface area contributed by atoms with Gasteiger partial charge < -0.3 is 0 Å². The number of terminal acetylenes is 1. The van der Waals surface area contributed by atoms with E-state index >= 15 is 0 Å². The van der Waals surface area contributed by atoms with Crippen molar-refractivity contribution in [2.24, 2.45) is 0 Å². The number of hydrogen-bond donors (Lipinski definition) is 0. The lowest BCUT2D eigenvalue weighted by Crippen LogP contribution is -2.01. The second-order valence-corrected chi connectivity index (χ2v) is 3.92. The van der Waals surface area contributed by atoms with Crippen LogP contribution in [0.15, 0.2) is 18.2 Å². The summed E-state index contributed by atoms with van der Waals surface area (Å²) in [5.74, 6) is 2.67. The molecule has 1 aromatic carbocycles. The Hall–Kier alpha value is -1.29. The molecule has 0 saturated carbocycles. The maximum absolute atomic E-state index is 13.7. The Balaban J connectivity index is 2.95. The lowest BCUT2D eigenvalue weighted by Gasteiger charge is -2.14. The van der Waals surface area contributed by atoms with Crippen molar-refractivity contribution in [1.82, 2.24) is 0 Å². The van der Waals surface area contributed by atoms with Gasteiger partial charge in [-0.05, 0) is 36.5 Å². The van der Waals surface area contributed by atoms with E-state index in [1.165, 1.54) is 0 Å². The first-order valence-electron chi connectivity index (χ1n) is 5.38. The minimum absolute atomic E-state index is 0.122. The minimum atomic E-state index is -0.122. The van der Waals surface area contributed by atoms with Gasteiger partial charge in [0.1, 0.15) is 5.82 Å². The van der Waals surface area contributed by atoms with Crippen LogP contribution in [0.4, 0.5) is 4.39 Å². The zero-order valence-electron chi connectivity index (χ0n) is 9.39. The fourth-order valence-electron chi connectivity index (χ4n) is 1.82. The highest BCUT2D eigenvalue weighted by Crippen LogP contribution is 2.27. The molecular weight excluding hydrogens is 187 g/mol. The second-order valence-electron chi connectivity index (χ2n) is 3.92. The van der Waals surface area contributed by atoms with Crippen molar-refractivity contribution in [3.05, 3.63) is 35.1 Å². The molecule has 1 aromatic rings. The van der Waals surface area contributed by atoms with Gasteiger partial charge in [-0.25, -0.2) is 4.39 Å². The zero-order valence-corrected chi connectivity index (χ0v) is 9.39. The topological polar surface area (TPSA) is 0 Å². The van der Waals surface area contributed by atoms with E-state index in [1.807, 2.05) is 19.1 Å². The van der Waals surface area contributed by atoms with Crippen molar-refractivity contribution in [3.8, 4) is 12.3 Å². The van der Waals surface area contributed by atoms with Crippen LogP contribution in [0.25, 0.3) is 0 Å². The molecule has 0 aliphatic heterocycles. The van der Waals surface area contributed by atoms with Crippen LogP contribution in [0.1, 0.15) is 43.2 Å². The average molecular weight is 204 g/mol. The Morgan fingerprint density at radius 1 is 1.47 bits per heavy atom. The van der Waals surface area contributed by atoms with E-state index in [1.54, 1.807) is 6.07 Å². The molecule has 80 valence electrons. The molecular formula is C14H17F. The van der Waals surface area contributed by atoms with Crippen LogP contribution in [0.2, 0.25) is 0 Å². The summed E-state index contributed by atoms with van der Waals surface area (Å²) in [6.07, 6.45) is 7.90. The number of rotatable bonds is 4. The number of hydrogen-bond acceptors (Lipinski definition) is 0. The Kier molecular flexibility index (Phi) is 4.37. The third-order valence-electron chi connectivity index (χ3n) is 2.60. The molecule has 0 saturated heterocycles. The molecule has 0 nitrogen and oxygen atoms in total. The first-order valence-corrected chi connectivity index (χ1v) is 5.38. The average Bonchev–Trinajstić information content (AvgIpc) is 2.17. The third-order valence-corrected chi connectivity index (χ3v) is 2.60. The Bertz CT molecular complexity index is 360. The van der Waals surface area contributed by atoms with E-state index in [9.17, 15) is 4.39 Å². The Labute approximate surface area is 91.5 Å². The predicted octanol–water partition coefficient (Wildman–Crippen LogP) is 4.04. The van der Waals surface area contributed by atoms with Gasteiger partial charge in [0.15, 0.2) is 0 Å². The Morgan fingerprint density at radius 3 is 2.73 bits per heavy atom. The first-order chi connectivity index (χ1) is 7.19. The molecule has 15 heavy (non-hydrogen) atoms. The molecule has 1 unspecified atom stereocenters. The molecule has 0 aliphatic carbocycles. The molecule has 0 radical (unpaired) electrons. The SMILES string of the molecule is C#CCC(CCC)c1ccc(C)cc1F. The van der Waals surface area contributed by atoms with E-state index in [0.29, 0.717) is 6.42 Å². The van der Waals surface area contributed by atoms with Crippen molar-refractivity contribution < 1.29 is 4.39 Å². The predicted molar refractivity (Wildman–Crippen MR) is 62.2 cm³/mol. The van der Waals surface area contributed by atoms with Crippen molar-refractivity contribution in [2.75, 3.05) is 0 Å². The molecule has 1 heteroatoms. The summed E-state index contributed by atoms with van der Waals surface area (Å²) in [4.78, 5) is 0. The molecule has 0 bridgehead atoms. The summed E-state index contributed by atoms with van der Waals surface area (Å²) in [5, 5.41) is 0. The molecule has 0 amide bonds. The van der Waals surface area contributed by atoms with E-state index < -0.39 is 0 Å². The number of benzene rings is 1. The smallest absolute Gasteiger partial charge is 0.126 e. The first kappa shape index (κ1) is 11.8. The van der Waals surface area contributed by atoms with Crippen molar-refractivity contribution in [3.63, 3.8) is 0 Å². The number of halogens is 1. The summed E-state index contributed by atoms with van der Waals surface area (Å²) in [5.41, 5.74) is 1.72.